The van der Waals surface area contributed by atoms with Gasteiger partial charge in [-0.25, -0.2) is 0 Å². The molecule has 278 valence electrons. The van der Waals surface area contributed by atoms with E-state index in [2.05, 4.69) is 231 Å². The molecule has 1 heteroatoms. The summed E-state index contributed by atoms with van der Waals surface area (Å²) in [4.78, 5) is 2.48. The lowest BCUT2D eigenvalue weighted by atomic mass is 9.70. The highest BCUT2D eigenvalue weighted by Gasteiger charge is 2.52. The smallest absolute Gasteiger partial charge is 0.0726 e. The average molecular weight is 752 g/mol. The molecule has 1 spiro atoms. The van der Waals surface area contributed by atoms with Crippen molar-refractivity contribution in [1.29, 1.82) is 0 Å². The maximum absolute atomic E-state index is 2.48. The average Bonchev–Trinajstić information content (AvgIpc) is 3.86. The van der Waals surface area contributed by atoms with Gasteiger partial charge in [-0.2, -0.15) is 0 Å². The van der Waals surface area contributed by atoms with E-state index < -0.39 is 5.41 Å². The predicted octanol–water partition coefficient (Wildman–Crippen LogP) is 15.1. The second-order valence-corrected chi connectivity index (χ2v) is 16.8. The maximum Gasteiger partial charge on any atom is 0.0726 e. The lowest BCUT2D eigenvalue weighted by Crippen LogP contribution is -2.26. The normalized spacial score (nSPS) is 14.2. The molecule has 0 heterocycles. The van der Waals surface area contributed by atoms with Crippen LogP contribution in [-0.4, -0.2) is 0 Å². The molecule has 1 nitrogen and oxygen atoms in total. The molecule has 9 aromatic carbocycles. The Morgan fingerprint density at radius 3 is 1.36 bits per heavy atom. The molecule has 0 bridgehead atoms. The summed E-state index contributed by atoms with van der Waals surface area (Å²) in [5, 5.41) is 0. The number of hydrogen-bond acceptors (Lipinski definition) is 1. The molecule has 0 aromatic heterocycles. The van der Waals surface area contributed by atoms with E-state index >= 15 is 0 Å². The molecule has 9 aromatic rings. The third-order valence-corrected chi connectivity index (χ3v) is 13.5. The highest BCUT2D eigenvalue weighted by molar-refractivity contribution is 6.01. The summed E-state index contributed by atoms with van der Waals surface area (Å²) in [5.41, 5.74) is 23.9. The SMILES string of the molecule is CC1(C)c2ccccc2-c2cccc(-c3ccc(N(c4ccc(-c5ccccc5)cc4)c4cccc5c4-c4ccccc4C54c5ccccc5-c5ccccc54)cc3)c21. The maximum atomic E-state index is 2.48. The lowest BCUT2D eigenvalue weighted by molar-refractivity contribution is 0.662. The van der Waals surface area contributed by atoms with E-state index in [9.17, 15) is 0 Å². The molecule has 0 atom stereocenters. The summed E-state index contributed by atoms with van der Waals surface area (Å²) < 4.78 is 0. The van der Waals surface area contributed by atoms with Gasteiger partial charge in [0.05, 0.1) is 11.1 Å². The van der Waals surface area contributed by atoms with Crippen LogP contribution in [0.15, 0.2) is 212 Å². The van der Waals surface area contributed by atoms with Gasteiger partial charge in [0.1, 0.15) is 0 Å². The van der Waals surface area contributed by atoms with Gasteiger partial charge in [0.25, 0.3) is 0 Å². The fourth-order valence-corrected chi connectivity index (χ4v) is 11.0. The monoisotopic (exact) mass is 751 g/mol. The summed E-state index contributed by atoms with van der Waals surface area (Å²) in [6, 6.07) is 79.0. The Balaban J connectivity index is 1.06. The summed E-state index contributed by atoms with van der Waals surface area (Å²) in [6.45, 7) is 4.75. The van der Waals surface area contributed by atoms with Crippen LogP contribution in [0, 0.1) is 0 Å². The Morgan fingerprint density at radius 2 is 0.729 bits per heavy atom. The van der Waals surface area contributed by atoms with Gasteiger partial charge in [0.2, 0.25) is 0 Å². The minimum Gasteiger partial charge on any atom is -0.310 e. The fraction of sp³-hybridized carbons (Fsp3) is 0.0690. The van der Waals surface area contributed by atoms with Crippen LogP contribution in [0.2, 0.25) is 0 Å². The van der Waals surface area contributed by atoms with Crippen LogP contribution in [0.4, 0.5) is 17.1 Å². The molecule has 0 fully saturated rings. The van der Waals surface area contributed by atoms with Crippen molar-refractivity contribution in [2.75, 3.05) is 4.90 Å². The van der Waals surface area contributed by atoms with Crippen molar-refractivity contribution in [3.63, 3.8) is 0 Å². The van der Waals surface area contributed by atoms with Crippen LogP contribution in [-0.2, 0) is 10.8 Å². The van der Waals surface area contributed by atoms with E-state index in [4.69, 9.17) is 0 Å². The number of hydrogen-bond donors (Lipinski definition) is 0. The molecule has 0 radical (unpaired) electrons. The Hall–Kier alpha value is -7.22. The van der Waals surface area contributed by atoms with Crippen LogP contribution in [0.5, 0.6) is 0 Å². The number of rotatable bonds is 5. The quantitative estimate of drug-likeness (QED) is 0.169. The first-order valence-electron chi connectivity index (χ1n) is 20.8. The largest absolute Gasteiger partial charge is 0.310 e. The van der Waals surface area contributed by atoms with Crippen LogP contribution < -0.4 is 4.90 Å². The zero-order valence-corrected chi connectivity index (χ0v) is 33.2. The summed E-state index contributed by atoms with van der Waals surface area (Å²) in [5.74, 6) is 0. The first-order chi connectivity index (χ1) is 29.0. The predicted molar refractivity (Wildman–Crippen MR) is 246 cm³/mol. The van der Waals surface area contributed by atoms with Gasteiger partial charge in [-0.1, -0.05) is 196 Å². The molecule has 0 saturated carbocycles. The zero-order valence-electron chi connectivity index (χ0n) is 33.2. The van der Waals surface area contributed by atoms with Gasteiger partial charge in [0.15, 0.2) is 0 Å². The first-order valence-corrected chi connectivity index (χ1v) is 20.8. The van der Waals surface area contributed by atoms with Crippen molar-refractivity contribution >= 4 is 17.1 Å². The van der Waals surface area contributed by atoms with Crippen LogP contribution in [0.1, 0.15) is 47.2 Å². The van der Waals surface area contributed by atoms with E-state index in [1.54, 1.807) is 0 Å². The topological polar surface area (TPSA) is 3.24 Å². The molecule has 0 amide bonds. The van der Waals surface area contributed by atoms with Gasteiger partial charge < -0.3 is 4.90 Å². The molecular formula is C58H41N. The van der Waals surface area contributed by atoms with Crippen LogP contribution >= 0.6 is 0 Å². The molecule has 59 heavy (non-hydrogen) atoms. The third kappa shape index (κ3) is 4.67. The zero-order chi connectivity index (χ0) is 39.3. The van der Waals surface area contributed by atoms with E-state index in [0.29, 0.717) is 0 Å². The Kier molecular flexibility index (Phi) is 7.26. The van der Waals surface area contributed by atoms with Crippen molar-refractivity contribution in [2.45, 2.75) is 24.7 Å². The number of nitrogens with zero attached hydrogens (tertiary/aromatic N) is 1. The van der Waals surface area contributed by atoms with Gasteiger partial charge in [0, 0.05) is 22.4 Å². The summed E-state index contributed by atoms with van der Waals surface area (Å²) >= 11 is 0. The van der Waals surface area contributed by atoms with E-state index in [-0.39, 0.29) is 5.41 Å². The highest BCUT2D eigenvalue weighted by atomic mass is 15.1. The molecular weight excluding hydrogens is 711 g/mol. The summed E-state index contributed by atoms with van der Waals surface area (Å²) in [7, 11) is 0. The van der Waals surface area contributed by atoms with E-state index in [1.165, 1.54) is 94.7 Å². The molecule has 3 aliphatic rings. The van der Waals surface area contributed by atoms with Gasteiger partial charge in [-0.05, 0) is 114 Å². The minimum atomic E-state index is -0.417. The van der Waals surface area contributed by atoms with Crippen molar-refractivity contribution < 1.29 is 0 Å². The minimum absolute atomic E-state index is 0.0981. The molecule has 3 aliphatic carbocycles. The third-order valence-electron chi connectivity index (χ3n) is 13.5. The number of fused-ring (bicyclic) bond motifs is 13. The fourth-order valence-electron chi connectivity index (χ4n) is 11.0. The Labute approximate surface area is 346 Å². The molecule has 0 saturated heterocycles. The molecule has 12 rings (SSSR count). The van der Waals surface area contributed by atoms with Crippen molar-refractivity contribution in [3.05, 3.63) is 246 Å². The first kappa shape index (κ1) is 33.9. The second-order valence-electron chi connectivity index (χ2n) is 16.8. The van der Waals surface area contributed by atoms with Crippen LogP contribution in [0.25, 0.3) is 55.6 Å². The van der Waals surface area contributed by atoms with Crippen molar-refractivity contribution in [1.82, 2.24) is 0 Å². The van der Waals surface area contributed by atoms with Crippen LogP contribution in [0.3, 0.4) is 0 Å². The molecule has 0 N–H and O–H groups in total. The molecule has 0 aliphatic heterocycles. The highest BCUT2D eigenvalue weighted by Crippen LogP contribution is 2.64. The lowest BCUT2D eigenvalue weighted by Gasteiger charge is -2.32. The summed E-state index contributed by atoms with van der Waals surface area (Å²) in [6.07, 6.45) is 0. The van der Waals surface area contributed by atoms with Crippen molar-refractivity contribution in [3.8, 4) is 55.6 Å². The van der Waals surface area contributed by atoms with Gasteiger partial charge in [-0.15, -0.1) is 0 Å². The molecule has 0 unspecified atom stereocenters. The van der Waals surface area contributed by atoms with E-state index in [0.717, 1.165) is 11.4 Å². The Morgan fingerprint density at radius 1 is 0.305 bits per heavy atom. The number of benzene rings is 9. The standard InChI is InChI=1S/C58H41N/c1-57(2)49-24-10-6-20-46(49)47-23-14-22-43(56(47)57)40-32-36-42(37-33-40)59(41-34-30-39(31-35-41)38-16-4-3-5-17-38)54-29-15-28-53-55(54)48-21-9-13-27-52(48)58(53)50-25-11-7-18-44(50)45-19-8-12-26-51(45)58/h3-37H,1-2H3. The number of anilines is 3. The Bertz CT molecular complexity index is 3070. The van der Waals surface area contributed by atoms with Gasteiger partial charge >= 0.3 is 0 Å². The van der Waals surface area contributed by atoms with Gasteiger partial charge in [-0.3, -0.25) is 0 Å². The van der Waals surface area contributed by atoms with Crippen molar-refractivity contribution in [2.24, 2.45) is 0 Å². The van der Waals surface area contributed by atoms with E-state index in [1.807, 2.05) is 0 Å². The second kappa shape index (κ2) is 12.6.